The highest BCUT2D eigenvalue weighted by molar-refractivity contribution is 7.73. The quantitative estimate of drug-likeness (QED) is 0.294. The van der Waals surface area contributed by atoms with Crippen molar-refractivity contribution in [3.63, 3.8) is 0 Å². The fourth-order valence-corrected chi connectivity index (χ4v) is 5.90. The Kier molecular flexibility index (Phi) is 7.40. The summed E-state index contributed by atoms with van der Waals surface area (Å²) in [6, 6.07) is 28.4. The second-order valence-corrected chi connectivity index (χ2v) is 10.4. The molecule has 0 fully saturated rings. The minimum Gasteiger partial charge on any atom is -0.257 e. The fraction of sp³-hybridized carbons (Fsp3) is 0.296. The first-order chi connectivity index (χ1) is 14.0. The van der Waals surface area contributed by atoms with E-state index in [9.17, 15) is 0 Å². The van der Waals surface area contributed by atoms with Gasteiger partial charge in [0.25, 0.3) is 0 Å². The van der Waals surface area contributed by atoms with Crippen LogP contribution in [0, 0.1) is 0 Å². The van der Waals surface area contributed by atoms with Gasteiger partial charge in [-0.15, -0.1) is 0 Å². The number of hydrogen-bond acceptors (Lipinski definition) is 1. The van der Waals surface area contributed by atoms with E-state index in [4.69, 9.17) is 4.99 Å². The summed E-state index contributed by atoms with van der Waals surface area (Å²) in [4.78, 5) is 5.23. The lowest BCUT2D eigenvalue weighted by molar-refractivity contribution is 0.834. The first kappa shape index (κ1) is 21.5. The molecule has 0 amide bonds. The molecule has 0 aliphatic rings. The molecule has 150 valence electrons. The number of aliphatic imine (C=N–C) groups is 1. The van der Waals surface area contributed by atoms with Gasteiger partial charge in [0.2, 0.25) is 0 Å². The van der Waals surface area contributed by atoms with E-state index in [-0.39, 0.29) is 0 Å². The molecule has 1 nitrogen and oxygen atoms in total. The van der Waals surface area contributed by atoms with Crippen LogP contribution < -0.4 is 10.6 Å². The van der Waals surface area contributed by atoms with Crippen LogP contribution in [0.4, 0.5) is 5.69 Å². The second-order valence-electron chi connectivity index (χ2n) is 8.20. The van der Waals surface area contributed by atoms with Gasteiger partial charge in [0, 0.05) is 11.9 Å². The maximum atomic E-state index is 5.23. The van der Waals surface area contributed by atoms with E-state index in [2.05, 4.69) is 113 Å². The van der Waals surface area contributed by atoms with Crippen molar-refractivity contribution in [1.29, 1.82) is 0 Å². The normalized spacial score (nSPS) is 12.2. The Morgan fingerprint density at radius 1 is 0.690 bits per heavy atom. The molecule has 0 N–H and O–H groups in total. The van der Waals surface area contributed by atoms with Crippen LogP contribution in [0.3, 0.4) is 0 Å². The molecule has 29 heavy (non-hydrogen) atoms. The topological polar surface area (TPSA) is 12.4 Å². The summed E-state index contributed by atoms with van der Waals surface area (Å²) in [5.74, 6) is 0.926. The van der Waals surface area contributed by atoms with Crippen LogP contribution in [0.5, 0.6) is 0 Å². The Labute approximate surface area is 177 Å². The number of nitrogens with zero attached hydrogens (tertiary/aromatic N) is 1. The molecule has 3 rings (SSSR count). The summed E-state index contributed by atoms with van der Waals surface area (Å²) in [6.07, 6.45) is 0.979. The Bertz CT molecular complexity index is 877. The summed E-state index contributed by atoms with van der Waals surface area (Å²) in [5, 5.41) is 2.81. The van der Waals surface area contributed by atoms with E-state index in [1.165, 1.54) is 33.1 Å². The summed E-state index contributed by atoms with van der Waals surface area (Å²) in [7, 11) is -0.467. The third-order valence-corrected chi connectivity index (χ3v) is 7.78. The van der Waals surface area contributed by atoms with E-state index in [0.717, 1.165) is 6.16 Å². The number of rotatable bonds is 7. The highest BCUT2D eigenvalue weighted by atomic mass is 31.1. The van der Waals surface area contributed by atoms with Crippen LogP contribution in [0.25, 0.3) is 0 Å². The lowest BCUT2D eigenvalue weighted by Crippen LogP contribution is -2.17. The van der Waals surface area contributed by atoms with Crippen LogP contribution in [0.15, 0.2) is 83.9 Å². The minimum atomic E-state index is -0.467. The molecule has 0 saturated heterocycles. The minimum absolute atomic E-state index is 0.463. The van der Waals surface area contributed by atoms with Gasteiger partial charge in [-0.1, -0.05) is 107 Å². The molecule has 0 aliphatic heterocycles. The first-order valence-electron chi connectivity index (χ1n) is 10.5. The van der Waals surface area contributed by atoms with Crippen molar-refractivity contribution < 1.29 is 0 Å². The monoisotopic (exact) mass is 401 g/mol. The Balaban J connectivity index is 2.01. The molecule has 0 saturated carbocycles. The highest BCUT2D eigenvalue weighted by Crippen LogP contribution is 2.37. The molecule has 0 aromatic heterocycles. The SMILES string of the molecule is CC(CP(c1ccccc1)c1ccccc1)=Nc1c(C(C)C)cccc1C(C)C. The van der Waals surface area contributed by atoms with Crippen molar-refractivity contribution in [2.75, 3.05) is 6.16 Å². The fourth-order valence-electron chi connectivity index (χ4n) is 3.64. The third kappa shape index (κ3) is 5.43. The van der Waals surface area contributed by atoms with E-state index in [1.54, 1.807) is 0 Å². The van der Waals surface area contributed by atoms with E-state index in [0.29, 0.717) is 11.8 Å². The zero-order valence-electron chi connectivity index (χ0n) is 18.3. The molecule has 3 aromatic rings. The van der Waals surface area contributed by atoms with Gasteiger partial charge in [-0.2, -0.15) is 0 Å². The molecule has 0 atom stereocenters. The van der Waals surface area contributed by atoms with Gasteiger partial charge >= 0.3 is 0 Å². The smallest absolute Gasteiger partial charge is 0.0698 e. The lowest BCUT2D eigenvalue weighted by atomic mass is 9.93. The van der Waals surface area contributed by atoms with Gasteiger partial charge < -0.3 is 0 Å². The van der Waals surface area contributed by atoms with Crippen molar-refractivity contribution in [3.05, 3.63) is 90.0 Å². The largest absolute Gasteiger partial charge is 0.257 e. The van der Waals surface area contributed by atoms with Crippen molar-refractivity contribution in [3.8, 4) is 0 Å². The van der Waals surface area contributed by atoms with Crippen LogP contribution >= 0.6 is 7.92 Å². The van der Waals surface area contributed by atoms with E-state index < -0.39 is 7.92 Å². The average Bonchev–Trinajstić information content (AvgIpc) is 2.73. The molecule has 0 radical (unpaired) electrons. The molecule has 3 aromatic carbocycles. The maximum Gasteiger partial charge on any atom is 0.0698 e. The van der Waals surface area contributed by atoms with Crippen LogP contribution in [-0.4, -0.2) is 11.9 Å². The van der Waals surface area contributed by atoms with Gasteiger partial charge in [-0.25, -0.2) is 0 Å². The van der Waals surface area contributed by atoms with Crippen LogP contribution in [-0.2, 0) is 0 Å². The van der Waals surface area contributed by atoms with E-state index >= 15 is 0 Å². The molecule has 2 heteroatoms. The van der Waals surface area contributed by atoms with Crippen molar-refractivity contribution in [2.24, 2.45) is 4.99 Å². The molecule has 0 aliphatic carbocycles. The lowest BCUT2D eigenvalue weighted by Gasteiger charge is -2.20. The number of hydrogen-bond donors (Lipinski definition) is 0. The maximum absolute atomic E-state index is 5.23. The van der Waals surface area contributed by atoms with Crippen molar-refractivity contribution >= 4 is 29.9 Å². The van der Waals surface area contributed by atoms with Gasteiger partial charge in [0.1, 0.15) is 0 Å². The number of benzene rings is 3. The average molecular weight is 402 g/mol. The number of para-hydroxylation sites is 1. The Hall–Kier alpha value is -2.24. The van der Waals surface area contributed by atoms with Crippen LogP contribution in [0.2, 0.25) is 0 Å². The van der Waals surface area contributed by atoms with Crippen LogP contribution in [0.1, 0.15) is 57.6 Å². The highest BCUT2D eigenvalue weighted by Gasteiger charge is 2.17. The molecule has 0 spiro atoms. The zero-order valence-corrected chi connectivity index (χ0v) is 19.2. The molecular weight excluding hydrogens is 369 g/mol. The predicted octanol–water partition coefficient (Wildman–Crippen LogP) is 7.16. The van der Waals surface area contributed by atoms with Gasteiger partial charge in [0.15, 0.2) is 0 Å². The van der Waals surface area contributed by atoms with Crippen molar-refractivity contribution in [2.45, 2.75) is 46.5 Å². The molecule has 0 bridgehead atoms. The van der Waals surface area contributed by atoms with Gasteiger partial charge in [-0.05, 0) is 48.4 Å². The molecule has 0 heterocycles. The van der Waals surface area contributed by atoms with Gasteiger partial charge in [0.05, 0.1) is 5.69 Å². The van der Waals surface area contributed by atoms with Gasteiger partial charge in [-0.3, -0.25) is 4.99 Å². The Morgan fingerprint density at radius 3 is 1.55 bits per heavy atom. The Morgan fingerprint density at radius 2 is 1.14 bits per heavy atom. The summed E-state index contributed by atoms with van der Waals surface area (Å²) >= 11 is 0. The second kappa shape index (κ2) is 9.99. The standard InChI is InChI=1S/C27H32NP/c1-20(2)25-17-12-18-26(21(3)4)27(25)28-22(5)19-29(23-13-8-6-9-14-23)24-15-10-7-11-16-24/h6-18,20-21H,19H2,1-5H3. The molecular formula is C27H32NP. The zero-order chi connectivity index (χ0) is 20.8. The van der Waals surface area contributed by atoms with E-state index in [1.807, 2.05) is 0 Å². The molecule has 0 unspecified atom stereocenters. The summed E-state index contributed by atoms with van der Waals surface area (Å²) in [6.45, 7) is 11.2. The first-order valence-corrected chi connectivity index (χ1v) is 12.0. The van der Waals surface area contributed by atoms with Crippen molar-refractivity contribution in [1.82, 2.24) is 0 Å². The summed E-state index contributed by atoms with van der Waals surface area (Å²) in [5.41, 5.74) is 5.09. The summed E-state index contributed by atoms with van der Waals surface area (Å²) < 4.78 is 0. The predicted molar refractivity (Wildman–Crippen MR) is 131 cm³/mol. The third-order valence-electron chi connectivity index (χ3n) is 5.17.